The van der Waals surface area contributed by atoms with Gasteiger partial charge in [0.15, 0.2) is 5.43 Å². The van der Waals surface area contributed by atoms with Gasteiger partial charge < -0.3 is 14.8 Å². The first-order valence-corrected chi connectivity index (χ1v) is 7.56. The Kier molecular flexibility index (Phi) is 4.83. The minimum absolute atomic E-state index is 0.116. The van der Waals surface area contributed by atoms with Crippen molar-refractivity contribution in [1.82, 2.24) is 14.8 Å². The van der Waals surface area contributed by atoms with Crippen LogP contribution in [0, 0.1) is 19.8 Å². The zero-order valence-corrected chi connectivity index (χ0v) is 13.4. The van der Waals surface area contributed by atoms with Crippen LogP contribution in [0.2, 0.25) is 0 Å². The third-order valence-electron chi connectivity index (χ3n) is 4.29. The highest BCUT2D eigenvalue weighted by atomic mass is 16.2. The van der Waals surface area contributed by atoms with Crippen LogP contribution in [0.15, 0.2) is 11.0 Å². The molecule has 0 aliphatic carbocycles. The number of aryl methyl sites for hydroxylation is 1. The van der Waals surface area contributed by atoms with Gasteiger partial charge in [0.1, 0.15) is 0 Å². The molecule has 1 atom stereocenters. The lowest BCUT2D eigenvalue weighted by Gasteiger charge is -2.21. The highest BCUT2D eigenvalue weighted by Crippen LogP contribution is 2.18. The number of rotatable bonds is 5. The molecule has 1 saturated heterocycles. The summed E-state index contributed by atoms with van der Waals surface area (Å²) in [4.78, 5) is 31.0. The standard InChI is InChI=1S/C16H25N3O2/c1-5-19-9-13(6-15(19)20)8-18(4)10-14-12(3)16(21)11(2)7-17-14/h7,13H,5-6,8-10H2,1-4H3,(H,17,21)/t13-/m0/s1. The molecule has 0 spiro atoms. The number of likely N-dealkylation sites (tertiary alicyclic amines) is 1. The van der Waals surface area contributed by atoms with E-state index in [0.717, 1.165) is 36.5 Å². The molecule has 0 aromatic carbocycles. The number of nitrogens with one attached hydrogen (secondary N) is 1. The number of aromatic amines is 1. The van der Waals surface area contributed by atoms with Crippen molar-refractivity contribution in [2.45, 2.75) is 33.7 Å². The second-order valence-electron chi connectivity index (χ2n) is 6.10. The molecule has 0 saturated carbocycles. The van der Waals surface area contributed by atoms with Crippen molar-refractivity contribution in [2.75, 3.05) is 26.7 Å². The summed E-state index contributed by atoms with van der Waals surface area (Å²) in [5.41, 5.74) is 2.62. The topological polar surface area (TPSA) is 56.4 Å². The van der Waals surface area contributed by atoms with Gasteiger partial charge in [-0.2, -0.15) is 0 Å². The van der Waals surface area contributed by atoms with E-state index in [0.29, 0.717) is 18.9 Å². The molecule has 1 amide bonds. The largest absolute Gasteiger partial charge is 0.363 e. The van der Waals surface area contributed by atoms with E-state index in [1.165, 1.54) is 0 Å². The third-order valence-corrected chi connectivity index (χ3v) is 4.29. The molecule has 5 nitrogen and oxygen atoms in total. The zero-order chi connectivity index (χ0) is 15.6. The summed E-state index contributed by atoms with van der Waals surface area (Å²) in [6, 6.07) is 0. The monoisotopic (exact) mass is 291 g/mol. The number of nitrogens with zero attached hydrogens (tertiary/aromatic N) is 2. The molecule has 0 bridgehead atoms. The number of hydrogen-bond donors (Lipinski definition) is 1. The first-order chi connectivity index (χ1) is 9.92. The van der Waals surface area contributed by atoms with Crippen molar-refractivity contribution >= 4 is 5.91 Å². The number of hydrogen-bond acceptors (Lipinski definition) is 3. The first kappa shape index (κ1) is 15.8. The van der Waals surface area contributed by atoms with Crippen LogP contribution in [0.3, 0.4) is 0 Å². The molecular weight excluding hydrogens is 266 g/mol. The Morgan fingerprint density at radius 2 is 2.10 bits per heavy atom. The molecule has 1 aliphatic heterocycles. The molecule has 21 heavy (non-hydrogen) atoms. The normalized spacial score (nSPS) is 18.8. The van der Waals surface area contributed by atoms with Crippen LogP contribution >= 0.6 is 0 Å². The van der Waals surface area contributed by atoms with E-state index in [1.807, 2.05) is 32.7 Å². The summed E-state index contributed by atoms with van der Waals surface area (Å²) in [5, 5.41) is 0. The van der Waals surface area contributed by atoms with Gasteiger partial charge in [0, 0.05) is 55.6 Å². The molecule has 1 fully saturated rings. The highest BCUT2D eigenvalue weighted by Gasteiger charge is 2.29. The van der Waals surface area contributed by atoms with Gasteiger partial charge in [-0.1, -0.05) is 0 Å². The average molecular weight is 291 g/mol. The average Bonchev–Trinajstić information content (AvgIpc) is 2.79. The smallest absolute Gasteiger partial charge is 0.222 e. The lowest BCUT2D eigenvalue weighted by Crippen LogP contribution is -2.29. The molecule has 1 N–H and O–H groups in total. The predicted octanol–water partition coefficient (Wildman–Crippen LogP) is 1.29. The molecule has 2 heterocycles. The molecule has 0 radical (unpaired) electrons. The van der Waals surface area contributed by atoms with E-state index in [4.69, 9.17) is 0 Å². The fourth-order valence-corrected chi connectivity index (χ4v) is 3.02. The number of amides is 1. The maximum Gasteiger partial charge on any atom is 0.222 e. The molecule has 0 unspecified atom stereocenters. The SMILES string of the molecule is CCN1C[C@H](CN(C)Cc2[nH]cc(C)c(=O)c2C)CC1=O. The zero-order valence-electron chi connectivity index (χ0n) is 13.4. The quantitative estimate of drug-likeness (QED) is 0.889. The Morgan fingerprint density at radius 1 is 1.38 bits per heavy atom. The number of aromatic nitrogens is 1. The fourth-order valence-electron chi connectivity index (χ4n) is 3.02. The van der Waals surface area contributed by atoms with Crippen LogP contribution in [-0.4, -0.2) is 47.4 Å². The van der Waals surface area contributed by atoms with Crippen LogP contribution in [0.25, 0.3) is 0 Å². The van der Waals surface area contributed by atoms with Crippen LogP contribution in [0.4, 0.5) is 0 Å². The van der Waals surface area contributed by atoms with Crippen molar-refractivity contribution < 1.29 is 4.79 Å². The lowest BCUT2D eigenvalue weighted by atomic mass is 10.1. The maximum absolute atomic E-state index is 12.0. The van der Waals surface area contributed by atoms with E-state index >= 15 is 0 Å². The van der Waals surface area contributed by atoms with Gasteiger partial charge in [0.25, 0.3) is 0 Å². The van der Waals surface area contributed by atoms with Crippen LogP contribution < -0.4 is 5.43 Å². The third kappa shape index (κ3) is 3.53. The number of H-pyrrole nitrogens is 1. The number of carbonyl (C=O) groups is 1. The Balaban J connectivity index is 1.97. The maximum atomic E-state index is 12.0. The Bertz CT molecular complexity index is 579. The van der Waals surface area contributed by atoms with Gasteiger partial charge in [0.05, 0.1) is 0 Å². The molecule has 1 aromatic rings. The summed E-state index contributed by atoms with van der Waals surface area (Å²) >= 11 is 0. The van der Waals surface area contributed by atoms with E-state index in [2.05, 4.69) is 9.88 Å². The summed E-state index contributed by atoms with van der Waals surface area (Å²) in [7, 11) is 2.04. The second-order valence-corrected chi connectivity index (χ2v) is 6.10. The van der Waals surface area contributed by atoms with Crippen molar-refractivity contribution in [2.24, 2.45) is 5.92 Å². The van der Waals surface area contributed by atoms with E-state index in [9.17, 15) is 9.59 Å². The molecule has 1 aromatic heterocycles. The van der Waals surface area contributed by atoms with Gasteiger partial charge in [-0.05, 0) is 33.7 Å². The Hall–Kier alpha value is -1.62. The molecule has 116 valence electrons. The Labute approximate surface area is 126 Å². The summed E-state index contributed by atoms with van der Waals surface area (Å²) < 4.78 is 0. The van der Waals surface area contributed by atoms with Crippen molar-refractivity contribution in [3.05, 3.63) is 33.2 Å². The number of pyridine rings is 1. The van der Waals surface area contributed by atoms with Crippen LogP contribution in [-0.2, 0) is 11.3 Å². The van der Waals surface area contributed by atoms with Gasteiger partial charge in [-0.15, -0.1) is 0 Å². The van der Waals surface area contributed by atoms with Gasteiger partial charge in [-0.25, -0.2) is 0 Å². The Morgan fingerprint density at radius 3 is 2.71 bits per heavy atom. The van der Waals surface area contributed by atoms with E-state index in [-0.39, 0.29) is 11.3 Å². The minimum Gasteiger partial charge on any atom is -0.363 e. The molecule has 5 heteroatoms. The van der Waals surface area contributed by atoms with Crippen molar-refractivity contribution in [1.29, 1.82) is 0 Å². The predicted molar refractivity (Wildman–Crippen MR) is 83.2 cm³/mol. The first-order valence-electron chi connectivity index (χ1n) is 7.56. The number of carbonyl (C=O) groups excluding carboxylic acids is 1. The van der Waals surface area contributed by atoms with Crippen LogP contribution in [0.5, 0.6) is 0 Å². The van der Waals surface area contributed by atoms with Crippen LogP contribution in [0.1, 0.15) is 30.2 Å². The minimum atomic E-state index is 0.116. The summed E-state index contributed by atoms with van der Waals surface area (Å²) in [6.07, 6.45) is 2.41. The van der Waals surface area contributed by atoms with Gasteiger partial charge in [-0.3, -0.25) is 9.59 Å². The lowest BCUT2D eigenvalue weighted by molar-refractivity contribution is -0.127. The second kappa shape index (κ2) is 6.43. The van der Waals surface area contributed by atoms with Crippen molar-refractivity contribution in [3.63, 3.8) is 0 Å². The molecule has 1 aliphatic rings. The van der Waals surface area contributed by atoms with Gasteiger partial charge >= 0.3 is 0 Å². The summed E-state index contributed by atoms with van der Waals surface area (Å²) in [5.74, 6) is 0.649. The highest BCUT2D eigenvalue weighted by molar-refractivity contribution is 5.78. The van der Waals surface area contributed by atoms with Crippen molar-refractivity contribution in [3.8, 4) is 0 Å². The van der Waals surface area contributed by atoms with E-state index in [1.54, 1.807) is 6.20 Å². The molecule has 2 rings (SSSR count). The van der Waals surface area contributed by atoms with E-state index < -0.39 is 0 Å². The molecular formula is C16H25N3O2. The fraction of sp³-hybridized carbons (Fsp3) is 0.625. The van der Waals surface area contributed by atoms with Gasteiger partial charge in [0.2, 0.25) is 5.91 Å². The summed E-state index contributed by atoms with van der Waals surface area (Å²) in [6.45, 7) is 8.93.